The van der Waals surface area contributed by atoms with E-state index in [9.17, 15) is 5.11 Å². The normalized spacial score (nSPS) is 19.9. The van der Waals surface area contributed by atoms with Crippen molar-refractivity contribution in [1.29, 1.82) is 0 Å². The number of hydrogen-bond donors (Lipinski definition) is 2. The lowest BCUT2D eigenvalue weighted by Crippen LogP contribution is -2.55. The lowest BCUT2D eigenvalue weighted by Gasteiger charge is -2.43. The number of aliphatic hydroxyl groups is 1. The summed E-state index contributed by atoms with van der Waals surface area (Å²) in [5.41, 5.74) is 1.76. The molecule has 33 heavy (non-hydrogen) atoms. The van der Waals surface area contributed by atoms with Crippen molar-refractivity contribution in [2.75, 3.05) is 36.4 Å². The molecule has 0 spiro atoms. The van der Waals surface area contributed by atoms with Crippen molar-refractivity contribution in [2.45, 2.75) is 51.3 Å². The summed E-state index contributed by atoms with van der Waals surface area (Å²) in [5.74, 6) is 0.469. The number of benzene rings is 1. The Balaban J connectivity index is 1.36. The first kappa shape index (κ1) is 22.7. The molecule has 2 fully saturated rings. The number of nitrogens with zero attached hydrogens (tertiary/aromatic N) is 6. The summed E-state index contributed by atoms with van der Waals surface area (Å²) in [7, 11) is 0. The predicted molar refractivity (Wildman–Crippen MR) is 133 cm³/mol. The van der Waals surface area contributed by atoms with Crippen molar-refractivity contribution in [1.82, 2.24) is 24.6 Å². The van der Waals surface area contributed by atoms with Gasteiger partial charge in [-0.25, -0.2) is 14.6 Å². The van der Waals surface area contributed by atoms with Crippen LogP contribution >= 0.6 is 23.2 Å². The Hall–Kier alpha value is -2.13. The maximum atomic E-state index is 10.2. The number of halogens is 2. The van der Waals surface area contributed by atoms with Crippen molar-refractivity contribution < 1.29 is 5.11 Å². The van der Waals surface area contributed by atoms with Crippen molar-refractivity contribution in [3.05, 3.63) is 34.7 Å². The van der Waals surface area contributed by atoms with Crippen LogP contribution in [0, 0.1) is 0 Å². The molecule has 176 valence electrons. The Morgan fingerprint density at radius 3 is 2.67 bits per heavy atom. The maximum Gasteiger partial charge on any atom is 0.227 e. The van der Waals surface area contributed by atoms with Crippen LogP contribution in [0.4, 0.5) is 17.3 Å². The number of aromatic nitrogens is 4. The fourth-order valence-electron chi connectivity index (χ4n) is 4.41. The third-order valence-corrected chi connectivity index (χ3v) is 6.90. The van der Waals surface area contributed by atoms with E-state index in [4.69, 9.17) is 28.2 Å². The van der Waals surface area contributed by atoms with Crippen LogP contribution in [0.1, 0.15) is 39.7 Å². The topological polar surface area (TPSA) is 82.3 Å². The van der Waals surface area contributed by atoms with E-state index in [0.717, 1.165) is 49.1 Å². The zero-order valence-corrected chi connectivity index (χ0v) is 20.6. The lowest BCUT2D eigenvalue weighted by molar-refractivity contribution is 0.0201. The summed E-state index contributed by atoms with van der Waals surface area (Å²) in [6, 6.07) is 4.64. The highest BCUT2D eigenvalue weighted by molar-refractivity contribution is 6.34. The Kier molecular flexibility index (Phi) is 5.89. The monoisotopic (exact) mass is 489 g/mol. The van der Waals surface area contributed by atoms with Crippen LogP contribution in [-0.2, 0) is 0 Å². The molecule has 1 aliphatic carbocycles. The van der Waals surface area contributed by atoms with Gasteiger partial charge >= 0.3 is 0 Å². The van der Waals surface area contributed by atoms with Crippen LogP contribution in [0.25, 0.3) is 10.9 Å². The molecule has 3 heterocycles. The molecule has 8 nitrogen and oxygen atoms in total. The second kappa shape index (κ2) is 8.58. The third-order valence-electron chi connectivity index (χ3n) is 6.22. The molecule has 1 atom stereocenters. The van der Waals surface area contributed by atoms with E-state index in [1.165, 1.54) is 0 Å². The molecule has 2 aliphatic rings. The third kappa shape index (κ3) is 4.89. The molecule has 10 heteroatoms. The summed E-state index contributed by atoms with van der Waals surface area (Å²) in [6.45, 7) is 9.05. The molecule has 0 amide bonds. The Morgan fingerprint density at radius 2 is 1.97 bits per heavy atom. The summed E-state index contributed by atoms with van der Waals surface area (Å²) >= 11 is 13.1. The minimum absolute atomic E-state index is 0.296. The fourth-order valence-corrected chi connectivity index (χ4v) is 4.98. The van der Waals surface area contributed by atoms with Gasteiger partial charge in [0.2, 0.25) is 5.95 Å². The summed E-state index contributed by atoms with van der Waals surface area (Å²) in [6.07, 6.45) is 5.71. The van der Waals surface area contributed by atoms with Gasteiger partial charge < -0.3 is 15.3 Å². The molecule has 2 N–H and O–H groups in total. The minimum atomic E-state index is -0.713. The summed E-state index contributed by atoms with van der Waals surface area (Å²) in [5, 5.41) is 19.9. The van der Waals surface area contributed by atoms with Gasteiger partial charge in [0.15, 0.2) is 5.15 Å². The molecule has 3 aromatic rings. The van der Waals surface area contributed by atoms with E-state index in [-0.39, 0.29) is 0 Å². The van der Waals surface area contributed by atoms with Crippen molar-refractivity contribution in [2.24, 2.45) is 0 Å². The first-order valence-corrected chi connectivity index (χ1v) is 12.1. The number of anilines is 3. The lowest BCUT2D eigenvalue weighted by atomic mass is 10.1. The Labute approximate surface area is 203 Å². The van der Waals surface area contributed by atoms with Crippen molar-refractivity contribution >= 4 is 51.4 Å². The quantitative estimate of drug-likeness (QED) is 0.527. The standard InChI is InChI=1S/C23H29Cl2N7O/c1-14-12-30(6-7-31(14)13-23(2,3)33)20-9-18-15(8-17(20)24)10-26-22(28-18)29-19-11-27-32(21(19)25)16-4-5-16/h8-11,14,16,33H,4-7,12-13H2,1-3H3,(H,26,28,29). The van der Waals surface area contributed by atoms with Crippen LogP contribution < -0.4 is 10.2 Å². The zero-order chi connectivity index (χ0) is 23.3. The summed E-state index contributed by atoms with van der Waals surface area (Å²) in [4.78, 5) is 13.8. The van der Waals surface area contributed by atoms with E-state index >= 15 is 0 Å². The van der Waals surface area contributed by atoms with Crippen molar-refractivity contribution in [3.63, 3.8) is 0 Å². The number of piperazine rings is 1. The molecule has 1 aliphatic heterocycles. The molecule has 5 rings (SSSR count). The largest absolute Gasteiger partial charge is 0.389 e. The second-order valence-corrected chi connectivity index (χ2v) is 10.5. The minimum Gasteiger partial charge on any atom is -0.389 e. The van der Waals surface area contributed by atoms with E-state index < -0.39 is 5.60 Å². The van der Waals surface area contributed by atoms with Gasteiger partial charge in [0.25, 0.3) is 0 Å². The SMILES string of the molecule is CC1CN(c2cc3nc(Nc4cnn(C5CC5)c4Cl)ncc3cc2Cl)CCN1CC(C)(C)O. The van der Waals surface area contributed by atoms with Gasteiger partial charge in [-0.1, -0.05) is 23.2 Å². The van der Waals surface area contributed by atoms with Gasteiger partial charge in [-0.3, -0.25) is 4.90 Å². The van der Waals surface area contributed by atoms with Gasteiger partial charge in [-0.15, -0.1) is 0 Å². The highest BCUT2D eigenvalue weighted by Crippen LogP contribution is 2.39. The van der Waals surface area contributed by atoms with Crippen LogP contribution in [0.5, 0.6) is 0 Å². The highest BCUT2D eigenvalue weighted by atomic mass is 35.5. The number of fused-ring (bicyclic) bond motifs is 1. The first-order valence-electron chi connectivity index (χ1n) is 11.4. The van der Waals surface area contributed by atoms with Gasteiger partial charge in [0.1, 0.15) is 0 Å². The molecule has 2 aromatic heterocycles. The fraction of sp³-hybridized carbons (Fsp3) is 0.522. The van der Waals surface area contributed by atoms with E-state index in [1.54, 1.807) is 12.4 Å². The van der Waals surface area contributed by atoms with Crippen LogP contribution in [0.2, 0.25) is 10.2 Å². The number of nitrogens with one attached hydrogen (secondary N) is 1. The van der Waals surface area contributed by atoms with Gasteiger partial charge in [-0.05, 0) is 45.7 Å². The molecule has 1 saturated carbocycles. The molecular weight excluding hydrogens is 461 g/mol. The van der Waals surface area contributed by atoms with E-state index in [0.29, 0.717) is 40.4 Å². The van der Waals surface area contributed by atoms with Gasteiger partial charge in [-0.2, -0.15) is 5.10 Å². The first-order chi connectivity index (χ1) is 15.7. The Bertz CT molecular complexity index is 1170. The van der Waals surface area contributed by atoms with Crippen molar-refractivity contribution in [3.8, 4) is 0 Å². The second-order valence-electron chi connectivity index (χ2n) is 9.78. The predicted octanol–water partition coefficient (Wildman–Crippen LogP) is 4.49. The molecule has 0 radical (unpaired) electrons. The van der Waals surface area contributed by atoms with Gasteiger partial charge in [0.05, 0.1) is 39.8 Å². The maximum absolute atomic E-state index is 10.2. The number of hydrogen-bond acceptors (Lipinski definition) is 7. The molecule has 0 bridgehead atoms. The smallest absolute Gasteiger partial charge is 0.227 e. The molecule has 1 saturated heterocycles. The van der Waals surface area contributed by atoms with E-state index in [1.807, 2.05) is 30.7 Å². The number of β-amino-alcohol motifs (C(OH)–C–C–N with tert-alkyl or cyclic N) is 1. The van der Waals surface area contributed by atoms with Gasteiger partial charge in [0, 0.05) is 43.8 Å². The Morgan fingerprint density at radius 1 is 1.18 bits per heavy atom. The average Bonchev–Trinajstić information content (AvgIpc) is 3.52. The highest BCUT2D eigenvalue weighted by Gasteiger charge is 2.29. The van der Waals surface area contributed by atoms with Crippen LogP contribution in [0.3, 0.4) is 0 Å². The van der Waals surface area contributed by atoms with Crippen LogP contribution in [0.15, 0.2) is 24.5 Å². The molecule has 1 aromatic carbocycles. The molecule has 1 unspecified atom stereocenters. The average molecular weight is 490 g/mol. The van der Waals surface area contributed by atoms with E-state index in [2.05, 4.69) is 32.1 Å². The zero-order valence-electron chi connectivity index (χ0n) is 19.1. The summed E-state index contributed by atoms with van der Waals surface area (Å²) < 4.78 is 1.85. The van der Waals surface area contributed by atoms with Crippen LogP contribution in [-0.4, -0.2) is 67.6 Å². The molecular formula is C23H29Cl2N7O. The number of rotatable bonds is 6.